The molecule has 0 aliphatic carbocycles. The van der Waals surface area contributed by atoms with E-state index in [1.54, 1.807) is 31.4 Å². The SMILES string of the molecule is COc1ccc(-c2nc(Cl)ccc2C(=O)O)cc1. The van der Waals surface area contributed by atoms with Crippen molar-refractivity contribution >= 4 is 17.6 Å². The number of hydrogen-bond acceptors (Lipinski definition) is 3. The van der Waals surface area contributed by atoms with Gasteiger partial charge in [0.25, 0.3) is 0 Å². The molecule has 0 saturated carbocycles. The Morgan fingerprint density at radius 3 is 2.44 bits per heavy atom. The Kier molecular flexibility index (Phi) is 3.48. The van der Waals surface area contributed by atoms with Gasteiger partial charge in [-0.15, -0.1) is 0 Å². The summed E-state index contributed by atoms with van der Waals surface area (Å²) in [6.07, 6.45) is 0. The minimum atomic E-state index is -1.04. The van der Waals surface area contributed by atoms with Crippen LogP contribution in [0.15, 0.2) is 36.4 Å². The van der Waals surface area contributed by atoms with E-state index in [9.17, 15) is 4.79 Å². The highest BCUT2D eigenvalue weighted by Gasteiger charge is 2.13. The number of carboxylic acids is 1. The lowest BCUT2D eigenvalue weighted by atomic mass is 10.1. The monoisotopic (exact) mass is 263 g/mol. The fourth-order valence-corrected chi connectivity index (χ4v) is 1.72. The van der Waals surface area contributed by atoms with Gasteiger partial charge in [0.15, 0.2) is 0 Å². The second kappa shape index (κ2) is 5.06. The Hall–Kier alpha value is -2.07. The Labute approximate surface area is 109 Å². The number of ether oxygens (including phenoxy) is 1. The van der Waals surface area contributed by atoms with Gasteiger partial charge >= 0.3 is 5.97 Å². The van der Waals surface area contributed by atoms with Crippen LogP contribution in [0.5, 0.6) is 5.75 Å². The van der Waals surface area contributed by atoms with Gasteiger partial charge < -0.3 is 9.84 Å². The molecule has 18 heavy (non-hydrogen) atoms. The third-order valence-corrected chi connectivity index (χ3v) is 2.67. The number of benzene rings is 1. The van der Waals surface area contributed by atoms with Gasteiger partial charge in [-0.1, -0.05) is 11.6 Å². The van der Waals surface area contributed by atoms with Gasteiger partial charge in [-0.25, -0.2) is 9.78 Å². The smallest absolute Gasteiger partial charge is 0.337 e. The Morgan fingerprint density at radius 1 is 1.22 bits per heavy atom. The highest BCUT2D eigenvalue weighted by molar-refractivity contribution is 6.29. The summed E-state index contributed by atoms with van der Waals surface area (Å²) in [5.41, 5.74) is 1.14. The number of pyridine rings is 1. The van der Waals surface area contributed by atoms with E-state index in [0.717, 1.165) is 0 Å². The van der Waals surface area contributed by atoms with Crippen LogP contribution >= 0.6 is 11.6 Å². The molecule has 0 amide bonds. The zero-order valence-electron chi connectivity index (χ0n) is 9.55. The van der Waals surface area contributed by atoms with E-state index >= 15 is 0 Å². The molecule has 92 valence electrons. The summed E-state index contributed by atoms with van der Waals surface area (Å²) < 4.78 is 5.04. The van der Waals surface area contributed by atoms with Crippen LogP contribution in [0.2, 0.25) is 5.15 Å². The van der Waals surface area contributed by atoms with Crippen molar-refractivity contribution in [2.75, 3.05) is 7.11 Å². The molecular formula is C13H10ClNO3. The first-order valence-electron chi connectivity index (χ1n) is 5.16. The summed E-state index contributed by atoms with van der Waals surface area (Å²) in [5, 5.41) is 9.37. The normalized spacial score (nSPS) is 10.1. The van der Waals surface area contributed by atoms with E-state index in [1.165, 1.54) is 12.1 Å². The molecule has 2 aromatic rings. The first-order valence-corrected chi connectivity index (χ1v) is 5.54. The van der Waals surface area contributed by atoms with Crippen LogP contribution < -0.4 is 4.74 Å². The Bertz CT molecular complexity index is 581. The molecule has 0 bridgehead atoms. The summed E-state index contributed by atoms with van der Waals surface area (Å²) in [5.74, 6) is -0.345. The van der Waals surface area contributed by atoms with Crippen LogP contribution in [0, 0.1) is 0 Å². The van der Waals surface area contributed by atoms with Crippen LogP contribution in [0.25, 0.3) is 11.3 Å². The topological polar surface area (TPSA) is 59.4 Å². The minimum Gasteiger partial charge on any atom is -0.497 e. The summed E-state index contributed by atoms with van der Waals surface area (Å²) in [7, 11) is 1.56. The maximum atomic E-state index is 11.1. The number of methoxy groups -OCH3 is 1. The van der Waals surface area contributed by atoms with Crippen molar-refractivity contribution in [3.63, 3.8) is 0 Å². The van der Waals surface area contributed by atoms with Gasteiger partial charge in [0.05, 0.1) is 18.4 Å². The number of carboxylic acid groups (broad SMARTS) is 1. The van der Waals surface area contributed by atoms with Gasteiger partial charge in [0.1, 0.15) is 10.9 Å². The molecule has 4 nitrogen and oxygen atoms in total. The summed E-state index contributed by atoms with van der Waals surface area (Å²) in [6.45, 7) is 0. The fourth-order valence-electron chi connectivity index (χ4n) is 1.58. The second-order valence-electron chi connectivity index (χ2n) is 3.56. The van der Waals surface area contributed by atoms with E-state index in [2.05, 4.69) is 4.98 Å². The van der Waals surface area contributed by atoms with E-state index in [0.29, 0.717) is 17.0 Å². The van der Waals surface area contributed by atoms with Crippen LogP contribution in [-0.4, -0.2) is 23.2 Å². The maximum absolute atomic E-state index is 11.1. The van der Waals surface area contributed by atoms with Crippen LogP contribution in [-0.2, 0) is 0 Å². The fraction of sp³-hybridized carbons (Fsp3) is 0.0769. The molecule has 2 rings (SSSR count). The van der Waals surface area contributed by atoms with E-state index in [-0.39, 0.29) is 10.7 Å². The van der Waals surface area contributed by atoms with Crippen molar-refractivity contribution in [2.24, 2.45) is 0 Å². The Morgan fingerprint density at radius 2 is 1.89 bits per heavy atom. The molecule has 0 unspecified atom stereocenters. The van der Waals surface area contributed by atoms with Gasteiger partial charge in [-0.2, -0.15) is 0 Å². The molecule has 1 aromatic carbocycles. The van der Waals surface area contributed by atoms with Crippen LogP contribution in [0.1, 0.15) is 10.4 Å². The van der Waals surface area contributed by atoms with E-state index < -0.39 is 5.97 Å². The zero-order chi connectivity index (χ0) is 13.1. The zero-order valence-corrected chi connectivity index (χ0v) is 10.3. The Balaban J connectivity index is 2.54. The molecule has 0 saturated heterocycles. The first kappa shape index (κ1) is 12.4. The molecule has 0 atom stereocenters. The number of aromatic nitrogens is 1. The van der Waals surface area contributed by atoms with Gasteiger partial charge in [0, 0.05) is 5.56 Å². The molecule has 1 heterocycles. The molecule has 1 aromatic heterocycles. The average Bonchev–Trinajstić information content (AvgIpc) is 2.38. The molecule has 5 heteroatoms. The molecule has 0 radical (unpaired) electrons. The van der Waals surface area contributed by atoms with E-state index in [4.69, 9.17) is 21.4 Å². The van der Waals surface area contributed by atoms with Crippen molar-refractivity contribution in [2.45, 2.75) is 0 Å². The summed E-state index contributed by atoms with van der Waals surface area (Å²) in [4.78, 5) is 15.2. The third kappa shape index (κ3) is 2.43. The number of rotatable bonds is 3. The van der Waals surface area contributed by atoms with Crippen molar-refractivity contribution < 1.29 is 14.6 Å². The van der Waals surface area contributed by atoms with Gasteiger partial charge in [-0.3, -0.25) is 0 Å². The first-order chi connectivity index (χ1) is 8.61. The van der Waals surface area contributed by atoms with Crippen LogP contribution in [0.4, 0.5) is 0 Å². The second-order valence-corrected chi connectivity index (χ2v) is 3.95. The summed E-state index contributed by atoms with van der Waals surface area (Å²) in [6, 6.07) is 9.86. The molecule has 0 spiro atoms. The predicted molar refractivity (Wildman–Crippen MR) is 68.2 cm³/mol. The van der Waals surface area contributed by atoms with Crippen molar-refractivity contribution in [3.8, 4) is 17.0 Å². The number of aromatic carboxylic acids is 1. The lowest BCUT2D eigenvalue weighted by Crippen LogP contribution is -2.01. The third-order valence-electron chi connectivity index (χ3n) is 2.46. The minimum absolute atomic E-state index is 0.115. The largest absolute Gasteiger partial charge is 0.497 e. The highest BCUT2D eigenvalue weighted by atomic mass is 35.5. The number of halogens is 1. The lowest BCUT2D eigenvalue weighted by Gasteiger charge is -2.06. The maximum Gasteiger partial charge on any atom is 0.337 e. The summed E-state index contributed by atoms with van der Waals surface area (Å²) >= 11 is 5.80. The molecule has 0 aliphatic rings. The van der Waals surface area contributed by atoms with Crippen molar-refractivity contribution in [1.29, 1.82) is 0 Å². The molecule has 0 aliphatic heterocycles. The van der Waals surface area contributed by atoms with Crippen molar-refractivity contribution in [1.82, 2.24) is 4.98 Å². The van der Waals surface area contributed by atoms with Crippen LogP contribution in [0.3, 0.4) is 0 Å². The number of hydrogen-bond donors (Lipinski definition) is 1. The lowest BCUT2D eigenvalue weighted by molar-refractivity contribution is 0.0697. The van der Waals surface area contributed by atoms with Gasteiger partial charge in [-0.05, 0) is 36.4 Å². The standard InChI is InChI=1S/C13H10ClNO3/c1-18-9-4-2-8(3-5-9)12-10(13(16)17)6-7-11(14)15-12/h2-7H,1H3,(H,16,17). The number of nitrogens with zero attached hydrogens (tertiary/aromatic N) is 1. The highest BCUT2D eigenvalue weighted by Crippen LogP contribution is 2.25. The predicted octanol–water partition coefficient (Wildman–Crippen LogP) is 3.11. The molecule has 0 fully saturated rings. The number of carbonyl (C=O) groups is 1. The molecule has 1 N–H and O–H groups in total. The average molecular weight is 264 g/mol. The quantitative estimate of drug-likeness (QED) is 0.865. The van der Waals surface area contributed by atoms with Crippen molar-refractivity contribution in [3.05, 3.63) is 47.1 Å². The van der Waals surface area contributed by atoms with E-state index in [1.807, 2.05) is 0 Å². The molecular weight excluding hydrogens is 254 g/mol. The van der Waals surface area contributed by atoms with Gasteiger partial charge in [0.2, 0.25) is 0 Å².